The molecule has 2 amide bonds. The number of nitrogens with one attached hydrogen (secondary N) is 2. The van der Waals surface area contributed by atoms with Gasteiger partial charge >= 0.3 is 24.1 Å². The van der Waals surface area contributed by atoms with Crippen molar-refractivity contribution < 1.29 is 38.1 Å². The second kappa shape index (κ2) is 22.7. The average molecular weight is 635 g/mol. The molecule has 0 aliphatic heterocycles. The summed E-state index contributed by atoms with van der Waals surface area (Å²) in [4.78, 5) is 45.3. The summed E-state index contributed by atoms with van der Waals surface area (Å²) in [7, 11) is 0. The van der Waals surface area contributed by atoms with Gasteiger partial charge in [0.1, 0.15) is 13.2 Å². The first-order valence-electron chi connectivity index (χ1n) is 14.4. The third-order valence-electron chi connectivity index (χ3n) is 7.60. The molecule has 3 aliphatic rings. The van der Waals surface area contributed by atoms with Crippen molar-refractivity contribution in [1.82, 2.24) is 10.6 Å². The van der Waals surface area contributed by atoms with Crippen molar-refractivity contribution in [3.05, 3.63) is 61.8 Å². The van der Waals surface area contributed by atoms with Crippen LogP contribution in [0.5, 0.6) is 0 Å². The lowest BCUT2D eigenvalue weighted by Gasteiger charge is -2.17. The van der Waals surface area contributed by atoms with Gasteiger partial charge in [0, 0.05) is 23.0 Å². The summed E-state index contributed by atoms with van der Waals surface area (Å²) in [5.41, 5.74) is 0.674. The molecule has 0 spiro atoms. The summed E-state index contributed by atoms with van der Waals surface area (Å²) >= 11 is 0. The summed E-state index contributed by atoms with van der Waals surface area (Å²) in [6, 6.07) is 0. The van der Waals surface area contributed by atoms with Crippen LogP contribution in [0.1, 0.15) is 61.8 Å². The summed E-state index contributed by atoms with van der Waals surface area (Å²) in [6.45, 7) is 19.2. The molecule has 6 unspecified atom stereocenters. The van der Waals surface area contributed by atoms with Crippen LogP contribution in [-0.4, -0.2) is 63.6 Å². The second-order valence-corrected chi connectivity index (χ2v) is 11.1. The Morgan fingerprint density at radius 1 is 0.711 bits per heavy atom. The predicted octanol–water partition coefficient (Wildman–Crippen LogP) is 6.80. The van der Waals surface area contributed by atoms with Gasteiger partial charge in [0.05, 0.1) is 26.3 Å². The average Bonchev–Trinajstić information content (AvgIpc) is 3.71. The monoisotopic (exact) mass is 634 g/mol. The van der Waals surface area contributed by atoms with Crippen LogP contribution in [0, 0.1) is 35.5 Å². The first-order valence-corrected chi connectivity index (χ1v) is 14.4. The zero-order valence-corrected chi connectivity index (χ0v) is 24.9. The van der Waals surface area contributed by atoms with Crippen molar-refractivity contribution in [1.29, 1.82) is 0 Å². The van der Waals surface area contributed by atoms with E-state index in [0.29, 0.717) is 53.9 Å². The van der Waals surface area contributed by atoms with Crippen LogP contribution in [0.4, 0.5) is 9.59 Å². The zero-order chi connectivity index (χ0) is 31.1. The van der Waals surface area contributed by atoms with Gasteiger partial charge in [0.2, 0.25) is 0 Å². The number of hydrogen-bond donors (Lipinski definition) is 2. The molecular weight excluding hydrogens is 576 g/mol. The van der Waals surface area contributed by atoms with Gasteiger partial charge in [-0.1, -0.05) is 59.7 Å². The number of ether oxygens (including phenoxy) is 4. The fourth-order valence-corrected chi connectivity index (χ4v) is 5.27. The molecule has 2 fully saturated rings. The molecule has 45 heavy (non-hydrogen) atoms. The third kappa shape index (κ3) is 15.6. The Balaban J connectivity index is 0. The normalized spacial score (nSPS) is 23.2. The van der Waals surface area contributed by atoms with Gasteiger partial charge < -0.3 is 29.6 Å². The van der Waals surface area contributed by atoms with Crippen LogP contribution in [0.25, 0.3) is 0 Å². The molecule has 0 heterocycles. The van der Waals surface area contributed by atoms with E-state index in [1.54, 1.807) is 13.8 Å². The van der Waals surface area contributed by atoms with Gasteiger partial charge in [-0.3, -0.25) is 0 Å². The Hall–Kier alpha value is -3.82. The SMILES string of the molecule is C.C.C.C=C(C)C(=O)OCCNC(=O)OCC1CC2C=CC1C2.C=CC1CC(C=C)C(COC(=O)NCCOC(=O)C(=C)C)C1. The first-order chi connectivity index (χ1) is 20.0. The Morgan fingerprint density at radius 2 is 1.22 bits per heavy atom. The van der Waals surface area contributed by atoms with Crippen LogP contribution in [-0.2, 0) is 28.5 Å². The van der Waals surface area contributed by atoms with E-state index in [-0.39, 0.29) is 54.5 Å². The van der Waals surface area contributed by atoms with Crippen molar-refractivity contribution in [3.63, 3.8) is 0 Å². The summed E-state index contributed by atoms with van der Waals surface area (Å²) < 4.78 is 20.1. The fraction of sp³-hybridized carbons (Fsp3) is 0.600. The Morgan fingerprint density at radius 3 is 1.62 bits per heavy atom. The van der Waals surface area contributed by atoms with Gasteiger partial charge in [0.25, 0.3) is 0 Å². The van der Waals surface area contributed by atoms with E-state index in [4.69, 9.17) is 18.9 Å². The number of carbonyl (C=O) groups excluding carboxylic acids is 4. The van der Waals surface area contributed by atoms with Gasteiger partial charge in [-0.2, -0.15) is 0 Å². The van der Waals surface area contributed by atoms with Crippen molar-refractivity contribution >= 4 is 24.1 Å². The van der Waals surface area contributed by atoms with Crippen LogP contribution < -0.4 is 10.6 Å². The van der Waals surface area contributed by atoms with Gasteiger partial charge in [-0.05, 0) is 63.2 Å². The first kappa shape index (κ1) is 43.3. The van der Waals surface area contributed by atoms with Crippen LogP contribution in [0.3, 0.4) is 0 Å². The Bertz CT molecular complexity index is 1040. The molecule has 2 saturated carbocycles. The molecule has 0 aromatic heterocycles. The standard InChI is InChI=1S/C17H25NO4.C15H21NO4.3CH4/c1-5-13-9-14(6-2)15(10-13)11-22-17(20)18-7-8-21-16(19)12(3)4;1-10(2)14(17)19-6-5-16-15(18)20-9-13-8-11-3-4-12(13)7-11;;;/h5-6,13-15H,1-3,7-11H2,4H3,(H,18,20);3-4,11-13H,1,5-9H2,2H3,(H,16,18);3*1H4. The molecular formula is C35H58N2O8. The summed E-state index contributed by atoms with van der Waals surface area (Å²) in [5, 5.41) is 5.10. The highest BCUT2D eigenvalue weighted by molar-refractivity contribution is 5.87. The number of allylic oxidation sites excluding steroid dienone is 4. The molecule has 3 aliphatic carbocycles. The van der Waals surface area contributed by atoms with Gasteiger partial charge in [0.15, 0.2) is 0 Å². The van der Waals surface area contributed by atoms with E-state index in [2.05, 4.69) is 49.1 Å². The van der Waals surface area contributed by atoms with Gasteiger partial charge in [-0.15, -0.1) is 13.2 Å². The van der Waals surface area contributed by atoms with E-state index < -0.39 is 24.1 Å². The molecule has 256 valence electrons. The molecule has 10 heteroatoms. The topological polar surface area (TPSA) is 129 Å². The van der Waals surface area contributed by atoms with E-state index in [1.165, 1.54) is 6.42 Å². The summed E-state index contributed by atoms with van der Waals surface area (Å²) in [6.07, 6.45) is 11.7. The number of esters is 2. The largest absolute Gasteiger partial charge is 0.460 e. The quantitative estimate of drug-likeness (QED) is 0.0702. The van der Waals surface area contributed by atoms with Gasteiger partial charge in [-0.25, -0.2) is 19.2 Å². The molecule has 3 rings (SSSR count). The third-order valence-corrected chi connectivity index (χ3v) is 7.60. The lowest BCUT2D eigenvalue weighted by atomic mass is 9.95. The van der Waals surface area contributed by atoms with E-state index in [0.717, 1.165) is 19.3 Å². The van der Waals surface area contributed by atoms with Crippen LogP contribution >= 0.6 is 0 Å². The highest BCUT2D eigenvalue weighted by Crippen LogP contribution is 2.43. The number of carbonyl (C=O) groups is 4. The van der Waals surface area contributed by atoms with E-state index in [1.807, 2.05) is 12.2 Å². The number of amides is 2. The minimum Gasteiger partial charge on any atom is -0.460 e. The molecule has 0 aromatic rings. The predicted molar refractivity (Wildman–Crippen MR) is 179 cm³/mol. The minimum absolute atomic E-state index is 0. The van der Waals surface area contributed by atoms with E-state index in [9.17, 15) is 19.2 Å². The molecule has 0 radical (unpaired) electrons. The lowest BCUT2D eigenvalue weighted by molar-refractivity contribution is -0.139. The fourth-order valence-electron chi connectivity index (χ4n) is 5.27. The summed E-state index contributed by atoms with van der Waals surface area (Å²) in [5.74, 6) is 1.89. The molecule has 6 atom stereocenters. The minimum atomic E-state index is -0.503. The van der Waals surface area contributed by atoms with Crippen molar-refractivity contribution in [3.8, 4) is 0 Å². The van der Waals surface area contributed by atoms with Crippen LogP contribution in [0.15, 0.2) is 61.8 Å². The maximum Gasteiger partial charge on any atom is 0.407 e. The van der Waals surface area contributed by atoms with Crippen molar-refractivity contribution in [2.75, 3.05) is 39.5 Å². The lowest BCUT2D eigenvalue weighted by Crippen LogP contribution is -2.30. The number of fused-ring (bicyclic) bond motifs is 2. The highest BCUT2D eigenvalue weighted by Gasteiger charge is 2.36. The molecule has 0 aromatic carbocycles. The Labute approximate surface area is 271 Å². The smallest absolute Gasteiger partial charge is 0.407 e. The molecule has 0 saturated heterocycles. The molecule has 10 nitrogen and oxygen atoms in total. The highest BCUT2D eigenvalue weighted by atomic mass is 16.6. The van der Waals surface area contributed by atoms with Crippen molar-refractivity contribution in [2.24, 2.45) is 35.5 Å². The second-order valence-electron chi connectivity index (χ2n) is 11.1. The maximum atomic E-state index is 11.6. The number of hydrogen-bond acceptors (Lipinski definition) is 8. The number of rotatable bonds is 14. The zero-order valence-electron chi connectivity index (χ0n) is 24.9. The number of alkyl carbamates (subject to hydrolysis) is 2. The molecule has 2 bridgehead atoms. The van der Waals surface area contributed by atoms with E-state index >= 15 is 0 Å². The van der Waals surface area contributed by atoms with Crippen LogP contribution in [0.2, 0.25) is 0 Å². The maximum absolute atomic E-state index is 11.6. The molecule has 2 N–H and O–H groups in total. The van der Waals surface area contributed by atoms with Crippen molar-refractivity contribution in [2.45, 2.75) is 61.8 Å². The Kier molecular flexibility index (Phi) is 21.8.